The van der Waals surface area contributed by atoms with Crippen LogP contribution >= 0.6 is 47.0 Å². The zero-order valence-electron chi connectivity index (χ0n) is 14.4. The number of carbonyl (C=O) groups is 1. The third-order valence-corrected chi connectivity index (χ3v) is 4.68. The first-order valence-corrected chi connectivity index (χ1v) is 9.55. The van der Waals surface area contributed by atoms with Gasteiger partial charge in [-0.3, -0.25) is 0 Å². The van der Waals surface area contributed by atoms with Gasteiger partial charge in [-0.1, -0.05) is 46.9 Å². The first kappa shape index (κ1) is 21.3. The fourth-order valence-electron chi connectivity index (χ4n) is 2.34. The molecule has 0 bridgehead atoms. The Morgan fingerprint density at radius 3 is 2.50 bits per heavy atom. The van der Waals surface area contributed by atoms with E-state index in [1.165, 1.54) is 0 Å². The van der Waals surface area contributed by atoms with Crippen LogP contribution in [0.15, 0.2) is 18.2 Å². The van der Waals surface area contributed by atoms with Crippen molar-refractivity contribution in [3.8, 4) is 0 Å². The predicted molar refractivity (Wildman–Crippen MR) is 110 cm³/mol. The van der Waals surface area contributed by atoms with Crippen molar-refractivity contribution in [2.24, 2.45) is 0 Å². The van der Waals surface area contributed by atoms with Crippen molar-refractivity contribution in [2.75, 3.05) is 31.6 Å². The number of amides is 2. The van der Waals surface area contributed by atoms with Crippen LogP contribution in [0.3, 0.4) is 0 Å². The molecule has 1 atom stereocenters. The molecule has 1 heterocycles. The average molecular weight is 440 g/mol. The molecule has 1 aliphatic heterocycles. The van der Waals surface area contributed by atoms with E-state index in [9.17, 15) is 4.79 Å². The van der Waals surface area contributed by atoms with Gasteiger partial charge in [0.1, 0.15) is 0 Å². The predicted octanol–water partition coefficient (Wildman–Crippen LogP) is 3.33. The van der Waals surface area contributed by atoms with Crippen LogP contribution < -0.4 is 16.0 Å². The summed E-state index contributed by atoms with van der Waals surface area (Å²) >= 11 is 23.3. The van der Waals surface area contributed by atoms with E-state index < -0.39 is 9.96 Å². The average Bonchev–Trinajstić information content (AvgIpc) is 2.57. The maximum Gasteiger partial charge on any atom is 0.319 e. The van der Waals surface area contributed by atoms with E-state index in [1.807, 2.05) is 32.0 Å². The standard InChI is InChI=1S/C16H21Cl3N4O2S/c1-10-3-4-11(2)12(9-10)20-14(26)21-13(16(17,18)19)22-15(24)23-5-7-25-8-6-23/h3-4,9,13H,5-8H2,1-2H3,(H,22,24)(H2,20,21,26)/t13-/m0/s1. The van der Waals surface area contributed by atoms with Crippen molar-refractivity contribution in [2.45, 2.75) is 23.8 Å². The monoisotopic (exact) mass is 438 g/mol. The zero-order valence-corrected chi connectivity index (χ0v) is 17.5. The maximum absolute atomic E-state index is 12.4. The number of halogens is 3. The minimum atomic E-state index is -1.80. The number of urea groups is 1. The number of anilines is 1. The minimum absolute atomic E-state index is 0.234. The smallest absolute Gasteiger partial charge is 0.319 e. The van der Waals surface area contributed by atoms with E-state index in [2.05, 4.69) is 16.0 Å². The van der Waals surface area contributed by atoms with E-state index >= 15 is 0 Å². The number of morpholine rings is 1. The van der Waals surface area contributed by atoms with Crippen LogP contribution in [0.2, 0.25) is 0 Å². The third-order valence-electron chi connectivity index (χ3n) is 3.81. The summed E-state index contributed by atoms with van der Waals surface area (Å²) in [5, 5.41) is 8.82. The molecule has 2 amide bonds. The Morgan fingerprint density at radius 1 is 1.23 bits per heavy atom. The molecule has 0 spiro atoms. The lowest BCUT2D eigenvalue weighted by atomic mass is 10.1. The highest BCUT2D eigenvalue weighted by Crippen LogP contribution is 2.29. The number of thiocarbonyl (C=S) groups is 1. The molecule has 1 saturated heterocycles. The topological polar surface area (TPSA) is 65.6 Å². The number of ether oxygens (including phenoxy) is 1. The summed E-state index contributed by atoms with van der Waals surface area (Å²) < 4.78 is 3.43. The summed E-state index contributed by atoms with van der Waals surface area (Å²) in [6, 6.07) is 5.59. The van der Waals surface area contributed by atoms with Crippen molar-refractivity contribution < 1.29 is 9.53 Å². The number of hydrogen-bond donors (Lipinski definition) is 3. The lowest BCUT2D eigenvalue weighted by Gasteiger charge is -2.32. The highest BCUT2D eigenvalue weighted by atomic mass is 35.6. The molecule has 144 valence electrons. The normalized spacial score (nSPS) is 16.0. The molecular formula is C16H21Cl3N4O2S. The number of nitrogens with one attached hydrogen (secondary N) is 3. The SMILES string of the molecule is Cc1ccc(C)c(NC(=S)N[C@@H](NC(=O)N2CCOCC2)C(Cl)(Cl)Cl)c1. The van der Waals surface area contributed by atoms with E-state index in [0.29, 0.717) is 26.3 Å². The fraction of sp³-hybridized carbons (Fsp3) is 0.500. The Kier molecular flexibility index (Phi) is 7.61. The second-order valence-corrected chi connectivity index (χ2v) is 8.72. The Bertz CT molecular complexity index is 663. The highest BCUT2D eigenvalue weighted by molar-refractivity contribution is 7.80. The Hall–Kier alpha value is -0.990. The number of hydrogen-bond acceptors (Lipinski definition) is 3. The third kappa shape index (κ3) is 6.32. The van der Waals surface area contributed by atoms with Crippen LogP contribution in [-0.4, -0.2) is 52.3 Å². The summed E-state index contributed by atoms with van der Waals surface area (Å²) in [7, 11) is 0. The minimum Gasteiger partial charge on any atom is -0.378 e. The van der Waals surface area contributed by atoms with Gasteiger partial charge in [0, 0.05) is 18.8 Å². The maximum atomic E-state index is 12.4. The van der Waals surface area contributed by atoms with Gasteiger partial charge >= 0.3 is 6.03 Å². The lowest BCUT2D eigenvalue weighted by Crippen LogP contribution is -2.59. The van der Waals surface area contributed by atoms with E-state index in [0.717, 1.165) is 16.8 Å². The summed E-state index contributed by atoms with van der Waals surface area (Å²) in [6.45, 7) is 5.84. The van der Waals surface area contributed by atoms with E-state index in [4.69, 9.17) is 51.8 Å². The van der Waals surface area contributed by atoms with Crippen molar-refractivity contribution in [1.82, 2.24) is 15.5 Å². The number of carbonyl (C=O) groups excluding carboxylic acids is 1. The van der Waals surface area contributed by atoms with Crippen LogP contribution in [0.4, 0.5) is 10.5 Å². The second-order valence-electron chi connectivity index (χ2n) is 5.94. The van der Waals surface area contributed by atoms with Gasteiger partial charge in [0.05, 0.1) is 13.2 Å². The molecule has 26 heavy (non-hydrogen) atoms. The van der Waals surface area contributed by atoms with Crippen molar-refractivity contribution in [3.63, 3.8) is 0 Å². The van der Waals surface area contributed by atoms with Gasteiger partial charge in [0.25, 0.3) is 0 Å². The molecule has 6 nitrogen and oxygen atoms in total. The van der Waals surface area contributed by atoms with Gasteiger partial charge in [-0.05, 0) is 43.3 Å². The van der Waals surface area contributed by atoms with Gasteiger partial charge in [-0.15, -0.1) is 0 Å². The Labute approximate surface area is 173 Å². The van der Waals surface area contributed by atoms with Gasteiger partial charge in [-0.2, -0.15) is 0 Å². The molecule has 1 aromatic carbocycles. The lowest BCUT2D eigenvalue weighted by molar-refractivity contribution is 0.0524. The zero-order chi connectivity index (χ0) is 19.3. The Balaban J connectivity index is 2.01. The molecule has 0 aliphatic carbocycles. The first-order chi connectivity index (χ1) is 12.2. The number of aryl methyl sites for hydroxylation is 2. The summed E-state index contributed by atoms with van der Waals surface area (Å²) in [4.78, 5) is 14.0. The molecule has 0 unspecified atom stereocenters. The summed E-state index contributed by atoms with van der Waals surface area (Å²) in [5.41, 5.74) is 2.94. The van der Waals surface area contributed by atoms with E-state index in [-0.39, 0.29) is 11.1 Å². The van der Waals surface area contributed by atoms with Crippen LogP contribution in [0.5, 0.6) is 0 Å². The van der Waals surface area contributed by atoms with Crippen molar-refractivity contribution in [3.05, 3.63) is 29.3 Å². The molecule has 3 N–H and O–H groups in total. The van der Waals surface area contributed by atoms with Gasteiger partial charge < -0.3 is 25.6 Å². The van der Waals surface area contributed by atoms with Gasteiger partial charge in [0.15, 0.2) is 11.3 Å². The van der Waals surface area contributed by atoms with Crippen LogP contribution in [0.25, 0.3) is 0 Å². The molecule has 0 radical (unpaired) electrons. The fourth-order valence-corrected chi connectivity index (χ4v) is 2.90. The molecule has 10 heteroatoms. The number of rotatable bonds is 3. The Morgan fingerprint density at radius 2 is 1.88 bits per heavy atom. The van der Waals surface area contributed by atoms with Gasteiger partial charge in [-0.25, -0.2) is 4.79 Å². The molecule has 1 aliphatic rings. The van der Waals surface area contributed by atoms with Crippen LogP contribution in [0.1, 0.15) is 11.1 Å². The quantitative estimate of drug-likeness (QED) is 0.383. The molecular weight excluding hydrogens is 419 g/mol. The molecule has 1 fully saturated rings. The largest absolute Gasteiger partial charge is 0.378 e. The number of alkyl halides is 3. The van der Waals surface area contributed by atoms with Crippen LogP contribution in [-0.2, 0) is 4.74 Å². The summed E-state index contributed by atoms with van der Waals surface area (Å²) in [6.07, 6.45) is -1.01. The first-order valence-electron chi connectivity index (χ1n) is 8.01. The number of benzene rings is 1. The second kappa shape index (κ2) is 9.28. The van der Waals surface area contributed by atoms with Crippen molar-refractivity contribution >= 4 is 63.9 Å². The van der Waals surface area contributed by atoms with E-state index in [1.54, 1.807) is 4.90 Å². The molecule has 2 rings (SSSR count). The molecule has 0 aromatic heterocycles. The number of nitrogens with zero attached hydrogens (tertiary/aromatic N) is 1. The molecule has 0 saturated carbocycles. The van der Waals surface area contributed by atoms with Crippen LogP contribution in [0, 0.1) is 13.8 Å². The van der Waals surface area contributed by atoms with Crippen molar-refractivity contribution in [1.29, 1.82) is 0 Å². The molecule has 1 aromatic rings. The van der Waals surface area contributed by atoms with Gasteiger partial charge in [0.2, 0.25) is 3.79 Å². The summed E-state index contributed by atoms with van der Waals surface area (Å²) in [5.74, 6) is 0. The highest BCUT2D eigenvalue weighted by Gasteiger charge is 2.35.